The summed E-state index contributed by atoms with van der Waals surface area (Å²) in [7, 11) is 0. The molecule has 1 spiro atoms. The maximum absolute atomic E-state index is 12.8. The Kier molecular flexibility index (Phi) is 4.92. The van der Waals surface area contributed by atoms with E-state index in [1.807, 2.05) is 0 Å². The van der Waals surface area contributed by atoms with E-state index in [1.54, 1.807) is 0 Å². The van der Waals surface area contributed by atoms with E-state index in [9.17, 15) is 4.79 Å². The first kappa shape index (κ1) is 16.9. The van der Waals surface area contributed by atoms with Gasteiger partial charge in [0.2, 0.25) is 0 Å². The molecule has 4 rings (SSSR count). The van der Waals surface area contributed by atoms with Crippen molar-refractivity contribution in [1.29, 1.82) is 0 Å². The van der Waals surface area contributed by atoms with E-state index in [4.69, 9.17) is 4.42 Å². The largest absolute Gasteiger partial charge is 0.455 e. The molecule has 0 radical (unpaired) electrons. The summed E-state index contributed by atoms with van der Waals surface area (Å²) < 4.78 is 6.27. The number of aryl methyl sites for hydroxylation is 1. The molecule has 1 amide bonds. The van der Waals surface area contributed by atoms with Crippen LogP contribution in [0.4, 0.5) is 0 Å². The Morgan fingerprint density at radius 1 is 1.12 bits per heavy atom. The van der Waals surface area contributed by atoms with Crippen molar-refractivity contribution < 1.29 is 9.21 Å². The topological polar surface area (TPSA) is 42.2 Å². The average Bonchev–Trinajstić information content (AvgIpc) is 3.07. The Balaban J connectivity index is 1.58. The van der Waals surface area contributed by atoms with E-state index in [1.165, 1.54) is 55.6 Å². The molecule has 3 nitrogen and oxygen atoms in total. The zero-order valence-corrected chi connectivity index (χ0v) is 16.1. The van der Waals surface area contributed by atoms with Gasteiger partial charge in [0.25, 0.3) is 5.91 Å². The first-order valence-electron chi connectivity index (χ1n) is 9.41. The molecule has 2 fully saturated rings. The van der Waals surface area contributed by atoms with Gasteiger partial charge in [-0.15, -0.1) is 23.5 Å². The number of amides is 1. The van der Waals surface area contributed by atoms with Crippen molar-refractivity contribution >= 4 is 29.4 Å². The second-order valence-corrected chi connectivity index (χ2v) is 10.4. The Labute approximate surface area is 153 Å². The zero-order valence-electron chi connectivity index (χ0n) is 14.5. The summed E-state index contributed by atoms with van der Waals surface area (Å²) in [5, 5.41) is 3.26. The third-order valence-corrected chi connectivity index (χ3v) is 9.19. The van der Waals surface area contributed by atoms with E-state index < -0.39 is 0 Å². The molecule has 0 aromatic carbocycles. The Morgan fingerprint density at radius 3 is 2.54 bits per heavy atom. The van der Waals surface area contributed by atoms with E-state index >= 15 is 0 Å². The van der Waals surface area contributed by atoms with Gasteiger partial charge in [0.1, 0.15) is 5.76 Å². The van der Waals surface area contributed by atoms with Gasteiger partial charge in [-0.1, -0.05) is 25.7 Å². The number of hydrogen-bond donors (Lipinski definition) is 1. The van der Waals surface area contributed by atoms with E-state index in [2.05, 4.69) is 35.8 Å². The molecule has 0 unspecified atom stereocenters. The lowest BCUT2D eigenvalue weighted by molar-refractivity contribution is 0.0902. The molecule has 1 aromatic rings. The SMILES string of the molecule is Cc1c(C(=O)NC2CCCCCC2)oc2c1C1(CCC2)SCCS1. The molecule has 1 saturated heterocycles. The first-order chi connectivity index (χ1) is 11.7. The van der Waals surface area contributed by atoms with Gasteiger partial charge >= 0.3 is 0 Å². The second-order valence-electron chi connectivity index (χ2n) is 7.32. The van der Waals surface area contributed by atoms with Crippen LogP contribution in [0.15, 0.2) is 4.42 Å². The highest BCUT2D eigenvalue weighted by atomic mass is 32.2. The molecule has 1 aliphatic heterocycles. The maximum Gasteiger partial charge on any atom is 0.287 e. The monoisotopic (exact) mass is 365 g/mol. The average molecular weight is 366 g/mol. The third-order valence-electron chi connectivity index (χ3n) is 5.66. The summed E-state index contributed by atoms with van der Waals surface area (Å²) in [4.78, 5) is 12.8. The number of fused-ring (bicyclic) bond motifs is 2. The van der Waals surface area contributed by atoms with Gasteiger partial charge in [-0.05, 0) is 32.6 Å². The lowest BCUT2D eigenvalue weighted by Gasteiger charge is -2.31. The van der Waals surface area contributed by atoms with Crippen molar-refractivity contribution in [2.45, 2.75) is 74.8 Å². The molecule has 24 heavy (non-hydrogen) atoms. The van der Waals surface area contributed by atoms with Crippen molar-refractivity contribution in [3.8, 4) is 0 Å². The highest BCUT2D eigenvalue weighted by molar-refractivity contribution is 8.20. The summed E-state index contributed by atoms with van der Waals surface area (Å²) >= 11 is 4.11. The Hall–Kier alpha value is -0.550. The molecule has 1 saturated carbocycles. The number of nitrogens with one attached hydrogen (secondary N) is 1. The zero-order chi connectivity index (χ0) is 16.6. The van der Waals surface area contributed by atoms with Crippen LogP contribution < -0.4 is 5.32 Å². The van der Waals surface area contributed by atoms with Gasteiger partial charge in [0, 0.05) is 35.1 Å². The van der Waals surface area contributed by atoms with Gasteiger partial charge < -0.3 is 9.73 Å². The van der Waals surface area contributed by atoms with Crippen LogP contribution in [-0.4, -0.2) is 23.5 Å². The van der Waals surface area contributed by atoms with Crippen LogP contribution in [0.5, 0.6) is 0 Å². The smallest absolute Gasteiger partial charge is 0.287 e. The standard InChI is InChI=1S/C19H27NO2S2/c1-13-16-15(9-6-10-19(16)23-11-12-24-19)22-17(13)18(21)20-14-7-4-2-3-5-8-14/h14H,2-12H2,1H3,(H,20,21). The van der Waals surface area contributed by atoms with Crippen LogP contribution >= 0.6 is 23.5 Å². The fraction of sp³-hybridized carbons (Fsp3) is 0.737. The number of furan rings is 1. The van der Waals surface area contributed by atoms with Crippen LogP contribution in [0, 0.1) is 6.92 Å². The molecule has 5 heteroatoms. The summed E-state index contributed by atoms with van der Waals surface area (Å²) in [5.74, 6) is 4.08. The lowest BCUT2D eigenvalue weighted by atomic mass is 9.94. The van der Waals surface area contributed by atoms with Crippen molar-refractivity contribution in [3.05, 3.63) is 22.6 Å². The predicted octanol–water partition coefficient (Wildman–Crippen LogP) is 5.01. The second kappa shape index (κ2) is 6.99. The first-order valence-corrected chi connectivity index (χ1v) is 11.4. The van der Waals surface area contributed by atoms with E-state index in [0.717, 1.165) is 30.6 Å². The highest BCUT2D eigenvalue weighted by Gasteiger charge is 2.45. The number of thioether (sulfide) groups is 2. The molecule has 2 aliphatic carbocycles. The van der Waals surface area contributed by atoms with E-state index in [0.29, 0.717) is 11.8 Å². The number of carbonyl (C=O) groups is 1. The van der Waals surface area contributed by atoms with Crippen molar-refractivity contribution in [1.82, 2.24) is 5.32 Å². The molecule has 0 atom stereocenters. The van der Waals surface area contributed by atoms with Gasteiger partial charge in [0.15, 0.2) is 5.76 Å². The number of hydrogen-bond acceptors (Lipinski definition) is 4. The maximum atomic E-state index is 12.8. The van der Waals surface area contributed by atoms with Gasteiger partial charge in [-0.3, -0.25) is 4.79 Å². The van der Waals surface area contributed by atoms with Crippen LogP contribution in [0.2, 0.25) is 0 Å². The number of carbonyl (C=O) groups excluding carboxylic acids is 1. The summed E-state index contributed by atoms with van der Waals surface area (Å²) in [5.41, 5.74) is 2.44. The van der Waals surface area contributed by atoms with E-state index in [-0.39, 0.29) is 9.99 Å². The van der Waals surface area contributed by atoms with Gasteiger partial charge in [0.05, 0.1) is 4.08 Å². The lowest BCUT2D eigenvalue weighted by Crippen LogP contribution is -2.34. The molecule has 1 N–H and O–H groups in total. The summed E-state index contributed by atoms with van der Waals surface area (Å²) in [6.45, 7) is 2.09. The minimum atomic E-state index is 0.0111. The summed E-state index contributed by atoms with van der Waals surface area (Å²) in [6, 6.07) is 0.325. The fourth-order valence-corrected chi connectivity index (χ4v) is 8.05. The Morgan fingerprint density at radius 2 is 1.83 bits per heavy atom. The molecule has 3 aliphatic rings. The van der Waals surface area contributed by atoms with Crippen LogP contribution in [0.1, 0.15) is 78.8 Å². The van der Waals surface area contributed by atoms with Crippen molar-refractivity contribution in [2.24, 2.45) is 0 Å². The molecule has 2 heterocycles. The third kappa shape index (κ3) is 3.03. The fourth-order valence-electron chi connectivity index (χ4n) is 4.49. The molecule has 0 bridgehead atoms. The van der Waals surface area contributed by atoms with Crippen molar-refractivity contribution in [2.75, 3.05) is 11.5 Å². The van der Waals surface area contributed by atoms with Crippen molar-refractivity contribution in [3.63, 3.8) is 0 Å². The molecule has 1 aromatic heterocycles. The molecular weight excluding hydrogens is 338 g/mol. The van der Waals surface area contributed by atoms with Crippen LogP contribution in [0.25, 0.3) is 0 Å². The summed E-state index contributed by atoms with van der Waals surface area (Å²) in [6.07, 6.45) is 10.7. The molecular formula is C19H27NO2S2. The van der Waals surface area contributed by atoms with Crippen LogP contribution in [0.3, 0.4) is 0 Å². The molecule has 132 valence electrons. The highest BCUT2D eigenvalue weighted by Crippen LogP contribution is 2.59. The minimum absolute atomic E-state index is 0.0111. The normalized spacial score (nSPS) is 23.9. The quantitative estimate of drug-likeness (QED) is 0.748. The minimum Gasteiger partial charge on any atom is -0.455 e. The number of rotatable bonds is 2. The van der Waals surface area contributed by atoms with Crippen LogP contribution in [-0.2, 0) is 10.5 Å². The predicted molar refractivity (Wildman–Crippen MR) is 102 cm³/mol. The van der Waals surface area contributed by atoms with Gasteiger partial charge in [-0.2, -0.15) is 0 Å². The Bertz CT molecular complexity index is 611. The van der Waals surface area contributed by atoms with Gasteiger partial charge in [-0.25, -0.2) is 0 Å².